The minimum atomic E-state index is -4.04. The fourth-order valence-electron chi connectivity index (χ4n) is 1.01. The van der Waals surface area contributed by atoms with Crippen LogP contribution in [0.1, 0.15) is 0 Å². The highest BCUT2D eigenvalue weighted by atomic mass is 79.9. The highest BCUT2D eigenvalue weighted by Gasteiger charge is 2.26. The number of nitrogens with zero attached hydrogens (tertiary/aromatic N) is 1. The zero-order valence-corrected chi connectivity index (χ0v) is 11.0. The third-order valence-corrected chi connectivity index (χ3v) is 4.15. The van der Waals surface area contributed by atoms with Crippen LogP contribution in [-0.2, 0) is 14.9 Å². The summed E-state index contributed by atoms with van der Waals surface area (Å²) >= 11 is 2.88. The van der Waals surface area contributed by atoms with Gasteiger partial charge in [-0.25, -0.2) is 12.8 Å². The molecule has 1 rings (SSSR count). The van der Waals surface area contributed by atoms with Gasteiger partial charge in [0.25, 0.3) is 10.0 Å². The molecule has 0 saturated heterocycles. The topological polar surface area (TPSA) is 72.6 Å². The maximum absolute atomic E-state index is 13.6. The van der Waals surface area contributed by atoms with Crippen LogP contribution in [0.3, 0.4) is 0 Å². The first-order valence-electron chi connectivity index (χ1n) is 4.08. The van der Waals surface area contributed by atoms with E-state index in [4.69, 9.17) is 5.73 Å². The number of halogens is 2. The van der Waals surface area contributed by atoms with E-state index in [0.29, 0.717) is 4.47 Å². The average molecular weight is 313 g/mol. The summed E-state index contributed by atoms with van der Waals surface area (Å²) in [5, 5.41) is 0. The van der Waals surface area contributed by atoms with E-state index in [2.05, 4.69) is 20.8 Å². The number of benzene rings is 1. The molecule has 0 amide bonds. The lowest BCUT2D eigenvalue weighted by molar-refractivity contribution is -0.0260. The van der Waals surface area contributed by atoms with Gasteiger partial charge in [0.1, 0.15) is 4.90 Å². The number of anilines is 1. The fourth-order valence-corrected chi connectivity index (χ4v) is 2.71. The SMILES string of the molecule is CON(C)S(=O)(=O)c1cc(N)cc(Br)c1F. The first-order valence-corrected chi connectivity index (χ1v) is 6.31. The van der Waals surface area contributed by atoms with Crippen LogP contribution in [0.15, 0.2) is 21.5 Å². The molecule has 5 nitrogen and oxygen atoms in total. The third kappa shape index (κ3) is 2.34. The summed E-state index contributed by atoms with van der Waals surface area (Å²) in [5.74, 6) is -0.905. The van der Waals surface area contributed by atoms with Crippen molar-refractivity contribution in [1.82, 2.24) is 4.47 Å². The maximum atomic E-state index is 13.6. The first kappa shape index (κ1) is 13.4. The molecule has 0 atom stereocenters. The predicted molar refractivity (Wildman–Crippen MR) is 60.5 cm³/mol. The Labute approximate surface area is 101 Å². The number of nitrogen functional groups attached to an aromatic ring is 1. The van der Waals surface area contributed by atoms with Crippen LogP contribution in [0.5, 0.6) is 0 Å². The van der Waals surface area contributed by atoms with Crippen molar-refractivity contribution in [2.45, 2.75) is 4.90 Å². The first-order chi connectivity index (χ1) is 7.30. The Balaban J connectivity index is 3.45. The van der Waals surface area contributed by atoms with Crippen molar-refractivity contribution in [2.75, 3.05) is 19.9 Å². The Morgan fingerprint density at radius 2 is 2.06 bits per heavy atom. The maximum Gasteiger partial charge on any atom is 0.267 e. The standard InChI is InChI=1S/C8H10BrFN2O3S/c1-12(15-2)16(13,14)7-4-5(11)3-6(9)8(7)10/h3-4H,11H2,1-2H3. The van der Waals surface area contributed by atoms with Crippen LogP contribution in [0.4, 0.5) is 10.1 Å². The van der Waals surface area contributed by atoms with E-state index < -0.39 is 20.7 Å². The van der Waals surface area contributed by atoms with Gasteiger partial charge in [-0.2, -0.15) is 0 Å². The lowest BCUT2D eigenvalue weighted by Gasteiger charge is -2.15. The molecular weight excluding hydrogens is 303 g/mol. The Kier molecular flexibility index (Phi) is 3.89. The predicted octanol–water partition coefficient (Wildman–Crippen LogP) is 1.35. The molecule has 0 spiro atoms. The zero-order valence-electron chi connectivity index (χ0n) is 8.57. The van der Waals surface area contributed by atoms with Gasteiger partial charge in [-0.05, 0) is 28.1 Å². The van der Waals surface area contributed by atoms with Crippen molar-refractivity contribution in [2.24, 2.45) is 0 Å². The van der Waals surface area contributed by atoms with E-state index in [1.807, 2.05) is 0 Å². The van der Waals surface area contributed by atoms with Crippen LogP contribution in [0.2, 0.25) is 0 Å². The molecule has 0 aromatic heterocycles. The average Bonchev–Trinajstić information content (AvgIpc) is 2.21. The van der Waals surface area contributed by atoms with Gasteiger partial charge >= 0.3 is 0 Å². The van der Waals surface area contributed by atoms with Crippen molar-refractivity contribution in [1.29, 1.82) is 0 Å². The van der Waals surface area contributed by atoms with Crippen LogP contribution in [0.25, 0.3) is 0 Å². The Morgan fingerprint density at radius 1 is 1.50 bits per heavy atom. The molecule has 8 heteroatoms. The Hall–Kier alpha value is -0.700. The van der Waals surface area contributed by atoms with Crippen LogP contribution in [0, 0.1) is 5.82 Å². The smallest absolute Gasteiger partial charge is 0.267 e. The number of hydroxylamine groups is 1. The van der Waals surface area contributed by atoms with Gasteiger partial charge in [-0.15, -0.1) is 0 Å². The molecule has 0 aliphatic heterocycles. The molecule has 0 heterocycles. The molecule has 0 radical (unpaired) electrons. The molecule has 0 saturated carbocycles. The van der Waals surface area contributed by atoms with Gasteiger partial charge < -0.3 is 5.73 Å². The minimum absolute atomic E-state index is 0.0180. The van der Waals surface area contributed by atoms with E-state index in [1.165, 1.54) is 6.07 Å². The van der Waals surface area contributed by atoms with Crippen molar-refractivity contribution >= 4 is 31.6 Å². The summed E-state index contributed by atoms with van der Waals surface area (Å²) in [5.41, 5.74) is 5.58. The molecule has 1 aromatic carbocycles. The highest BCUT2D eigenvalue weighted by Crippen LogP contribution is 2.27. The second kappa shape index (κ2) is 4.66. The van der Waals surface area contributed by atoms with Crippen LogP contribution in [-0.4, -0.2) is 27.0 Å². The Bertz CT molecular complexity index is 506. The van der Waals surface area contributed by atoms with Gasteiger partial charge in [0.2, 0.25) is 0 Å². The number of sulfonamides is 1. The zero-order chi connectivity index (χ0) is 12.5. The summed E-state index contributed by atoms with van der Waals surface area (Å²) in [7, 11) is -1.72. The third-order valence-electron chi connectivity index (χ3n) is 1.89. The molecule has 1 aromatic rings. The normalized spacial score (nSPS) is 12.1. The van der Waals surface area contributed by atoms with Crippen LogP contribution >= 0.6 is 15.9 Å². The minimum Gasteiger partial charge on any atom is -0.399 e. The van der Waals surface area contributed by atoms with E-state index in [9.17, 15) is 12.8 Å². The van der Waals surface area contributed by atoms with Crippen LogP contribution < -0.4 is 5.73 Å². The van der Waals surface area contributed by atoms with E-state index in [0.717, 1.165) is 20.2 Å². The molecule has 0 unspecified atom stereocenters. The molecule has 0 aliphatic rings. The molecule has 90 valence electrons. The van der Waals surface area contributed by atoms with Crippen molar-refractivity contribution in [3.63, 3.8) is 0 Å². The number of hydrogen-bond donors (Lipinski definition) is 1. The van der Waals surface area contributed by atoms with Gasteiger partial charge in [-0.3, -0.25) is 4.84 Å². The largest absolute Gasteiger partial charge is 0.399 e. The quantitative estimate of drug-likeness (QED) is 0.675. The summed E-state index contributed by atoms with van der Waals surface area (Å²) in [6, 6.07) is 2.31. The van der Waals surface area contributed by atoms with Gasteiger partial charge in [0, 0.05) is 12.7 Å². The van der Waals surface area contributed by atoms with E-state index >= 15 is 0 Å². The van der Waals surface area contributed by atoms with E-state index in [1.54, 1.807) is 0 Å². The van der Waals surface area contributed by atoms with E-state index in [-0.39, 0.29) is 10.2 Å². The Morgan fingerprint density at radius 3 is 2.56 bits per heavy atom. The molecule has 0 aliphatic carbocycles. The highest BCUT2D eigenvalue weighted by molar-refractivity contribution is 9.10. The molecular formula is C8H10BrFN2O3S. The fraction of sp³-hybridized carbons (Fsp3) is 0.250. The molecule has 16 heavy (non-hydrogen) atoms. The van der Waals surface area contributed by atoms with Crippen molar-refractivity contribution in [3.05, 3.63) is 22.4 Å². The van der Waals surface area contributed by atoms with Crippen molar-refractivity contribution in [3.8, 4) is 0 Å². The second-order valence-corrected chi connectivity index (χ2v) is 5.67. The monoisotopic (exact) mass is 312 g/mol. The second-order valence-electron chi connectivity index (χ2n) is 2.91. The lowest BCUT2D eigenvalue weighted by Crippen LogP contribution is -2.26. The van der Waals surface area contributed by atoms with Gasteiger partial charge in [0.15, 0.2) is 5.82 Å². The lowest BCUT2D eigenvalue weighted by atomic mass is 10.3. The van der Waals surface area contributed by atoms with Crippen molar-refractivity contribution < 1.29 is 17.6 Å². The summed E-state index contributed by atoms with van der Waals surface area (Å²) in [4.78, 5) is 3.99. The number of rotatable bonds is 3. The molecule has 2 N–H and O–H groups in total. The number of hydrogen-bond acceptors (Lipinski definition) is 4. The van der Waals surface area contributed by atoms with Gasteiger partial charge in [0.05, 0.1) is 11.6 Å². The molecule has 0 bridgehead atoms. The molecule has 0 fully saturated rings. The number of nitrogens with two attached hydrogens (primary N) is 1. The summed E-state index contributed by atoms with van der Waals surface area (Å²) in [6.07, 6.45) is 0. The summed E-state index contributed by atoms with van der Waals surface area (Å²) < 4.78 is 37.7. The van der Waals surface area contributed by atoms with Gasteiger partial charge in [-0.1, -0.05) is 4.47 Å². The summed E-state index contributed by atoms with van der Waals surface area (Å²) in [6.45, 7) is 0.